The average Bonchev–Trinajstić information content (AvgIpc) is 2.46. The van der Waals surface area contributed by atoms with E-state index in [2.05, 4.69) is 6.92 Å². The number of carbonyl (C=O) groups is 2. The second-order valence-electron chi connectivity index (χ2n) is 5.03. The van der Waals surface area contributed by atoms with Crippen LogP contribution in [0.1, 0.15) is 59.8 Å². The Hall–Kier alpha value is -0.780. The van der Waals surface area contributed by atoms with E-state index >= 15 is 0 Å². The van der Waals surface area contributed by atoms with Crippen molar-refractivity contribution in [2.45, 2.75) is 59.8 Å². The first kappa shape index (κ1) is 23.5. The third kappa shape index (κ3) is 27.5. The second-order valence-corrected chi connectivity index (χ2v) is 5.03. The van der Waals surface area contributed by atoms with Crippen molar-refractivity contribution in [3.63, 3.8) is 0 Å². The lowest BCUT2D eigenvalue weighted by Gasteiger charge is -2.04. The molecule has 0 aromatic heterocycles. The molecule has 0 amide bonds. The maximum Gasteiger partial charge on any atom is 0.132 e. The van der Waals surface area contributed by atoms with Crippen LogP contribution in [0.4, 0.5) is 0 Å². The molecule has 0 aliphatic heterocycles. The molecular formula is C17H34O5. The molecule has 0 heterocycles. The lowest BCUT2D eigenvalue weighted by atomic mass is 10.2. The van der Waals surface area contributed by atoms with E-state index in [1.165, 1.54) is 12.8 Å². The van der Waals surface area contributed by atoms with E-state index in [0.717, 1.165) is 19.4 Å². The fourth-order valence-electron chi connectivity index (χ4n) is 1.42. The van der Waals surface area contributed by atoms with Crippen LogP contribution in [0.25, 0.3) is 0 Å². The summed E-state index contributed by atoms with van der Waals surface area (Å²) in [6.45, 7) is 10.8. The van der Waals surface area contributed by atoms with Gasteiger partial charge < -0.3 is 19.0 Å². The number of hydrogen-bond donors (Lipinski definition) is 0. The highest BCUT2D eigenvalue weighted by Gasteiger charge is 1.93. The van der Waals surface area contributed by atoms with Crippen LogP contribution < -0.4 is 0 Å². The Kier molecular flexibility index (Phi) is 21.6. The zero-order chi connectivity index (χ0) is 17.1. The first-order chi connectivity index (χ1) is 10.5. The number of Topliss-reactive ketones (excluding diaryl/α,β-unsaturated/α-hetero) is 2. The van der Waals surface area contributed by atoms with Gasteiger partial charge in [-0.05, 0) is 27.2 Å². The molecule has 0 saturated carbocycles. The maximum atomic E-state index is 10.5. The summed E-state index contributed by atoms with van der Waals surface area (Å²) < 4.78 is 15.5. The number of ketones is 2. The molecule has 5 heteroatoms. The quantitative estimate of drug-likeness (QED) is 0.460. The average molecular weight is 318 g/mol. The number of carbonyl (C=O) groups excluding carboxylic acids is 2. The molecule has 0 radical (unpaired) electrons. The summed E-state index contributed by atoms with van der Waals surface area (Å²) in [6.07, 6.45) is 4.73. The molecule has 0 unspecified atom stereocenters. The van der Waals surface area contributed by atoms with Gasteiger partial charge in [0.15, 0.2) is 0 Å². The zero-order valence-corrected chi connectivity index (χ0v) is 14.8. The predicted molar refractivity (Wildman–Crippen MR) is 88.3 cm³/mol. The van der Waals surface area contributed by atoms with E-state index in [0.29, 0.717) is 45.2 Å². The van der Waals surface area contributed by atoms with Crippen LogP contribution in [-0.2, 0) is 23.8 Å². The van der Waals surface area contributed by atoms with Gasteiger partial charge in [-0.3, -0.25) is 4.79 Å². The van der Waals surface area contributed by atoms with Crippen molar-refractivity contribution in [1.29, 1.82) is 0 Å². The Morgan fingerprint density at radius 2 is 1.18 bits per heavy atom. The molecule has 0 fully saturated rings. The smallest absolute Gasteiger partial charge is 0.132 e. The van der Waals surface area contributed by atoms with Crippen LogP contribution in [0, 0.1) is 0 Å². The first-order valence-corrected chi connectivity index (χ1v) is 8.26. The van der Waals surface area contributed by atoms with Crippen LogP contribution in [0.3, 0.4) is 0 Å². The molecule has 0 aromatic rings. The molecule has 0 aliphatic rings. The van der Waals surface area contributed by atoms with Gasteiger partial charge in [0, 0.05) is 19.4 Å². The number of hydrogen-bond acceptors (Lipinski definition) is 5. The summed E-state index contributed by atoms with van der Waals surface area (Å²) >= 11 is 0. The van der Waals surface area contributed by atoms with E-state index in [-0.39, 0.29) is 5.78 Å². The zero-order valence-electron chi connectivity index (χ0n) is 14.8. The van der Waals surface area contributed by atoms with Crippen molar-refractivity contribution in [3.05, 3.63) is 0 Å². The van der Waals surface area contributed by atoms with Crippen molar-refractivity contribution in [3.8, 4) is 0 Å². The van der Waals surface area contributed by atoms with Crippen LogP contribution in [0.2, 0.25) is 0 Å². The molecule has 0 saturated heterocycles. The molecule has 0 spiro atoms. The SMILES string of the molecule is CCCCCC(C)=O.CCOCCOCCOCCC(C)=O. The van der Waals surface area contributed by atoms with Gasteiger partial charge in [-0.15, -0.1) is 0 Å². The van der Waals surface area contributed by atoms with Gasteiger partial charge in [0.2, 0.25) is 0 Å². The number of unbranched alkanes of at least 4 members (excludes halogenated alkanes) is 2. The summed E-state index contributed by atoms with van der Waals surface area (Å²) in [5.74, 6) is 0.473. The Morgan fingerprint density at radius 3 is 1.64 bits per heavy atom. The number of rotatable bonds is 14. The van der Waals surface area contributed by atoms with E-state index in [4.69, 9.17) is 14.2 Å². The van der Waals surface area contributed by atoms with E-state index in [1.54, 1.807) is 13.8 Å². The minimum Gasteiger partial charge on any atom is -0.379 e. The summed E-state index contributed by atoms with van der Waals surface area (Å²) in [5, 5.41) is 0. The van der Waals surface area contributed by atoms with Crippen LogP contribution >= 0.6 is 0 Å². The number of ether oxygens (including phenoxy) is 3. The van der Waals surface area contributed by atoms with Crippen molar-refractivity contribution in [2.24, 2.45) is 0 Å². The Balaban J connectivity index is 0. The first-order valence-electron chi connectivity index (χ1n) is 8.26. The molecule has 0 aromatic carbocycles. The third-order valence-electron chi connectivity index (χ3n) is 2.68. The highest BCUT2D eigenvalue weighted by atomic mass is 16.5. The van der Waals surface area contributed by atoms with Gasteiger partial charge in [0.25, 0.3) is 0 Å². The van der Waals surface area contributed by atoms with Gasteiger partial charge in [0.05, 0.1) is 33.0 Å². The topological polar surface area (TPSA) is 61.8 Å². The van der Waals surface area contributed by atoms with Crippen LogP contribution in [-0.4, -0.2) is 51.2 Å². The standard InChI is InChI=1S/C10H20O4.C7H14O/c1-3-12-6-7-14-9-8-13-5-4-10(2)11;1-3-4-5-6-7(2)8/h3-9H2,1-2H3;3-6H2,1-2H3. The predicted octanol–water partition coefficient (Wildman–Crippen LogP) is 3.19. The molecule has 0 atom stereocenters. The van der Waals surface area contributed by atoms with Gasteiger partial charge in [-0.2, -0.15) is 0 Å². The molecule has 22 heavy (non-hydrogen) atoms. The van der Waals surface area contributed by atoms with Crippen LogP contribution in [0.15, 0.2) is 0 Å². The largest absolute Gasteiger partial charge is 0.379 e. The summed E-state index contributed by atoms with van der Waals surface area (Å²) in [5.41, 5.74) is 0. The van der Waals surface area contributed by atoms with Crippen LogP contribution in [0.5, 0.6) is 0 Å². The van der Waals surface area contributed by atoms with Crippen molar-refractivity contribution < 1.29 is 23.8 Å². The monoisotopic (exact) mass is 318 g/mol. The lowest BCUT2D eigenvalue weighted by molar-refractivity contribution is -0.118. The molecule has 0 N–H and O–H groups in total. The Bertz CT molecular complexity index is 253. The molecular weight excluding hydrogens is 284 g/mol. The van der Waals surface area contributed by atoms with E-state index < -0.39 is 0 Å². The second kappa shape index (κ2) is 20.2. The summed E-state index contributed by atoms with van der Waals surface area (Å²) in [4.78, 5) is 20.8. The summed E-state index contributed by atoms with van der Waals surface area (Å²) in [7, 11) is 0. The minimum absolute atomic E-state index is 0.155. The highest BCUT2D eigenvalue weighted by molar-refractivity contribution is 5.75. The van der Waals surface area contributed by atoms with E-state index in [9.17, 15) is 9.59 Å². The summed E-state index contributed by atoms with van der Waals surface area (Å²) in [6, 6.07) is 0. The van der Waals surface area contributed by atoms with Crippen molar-refractivity contribution >= 4 is 11.6 Å². The molecule has 0 aliphatic carbocycles. The minimum atomic E-state index is 0.155. The fourth-order valence-corrected chi connectivity index (χ4v) is 1.42. The normalized spacial score (nSPS) is 10.0. The molecule has 132 valence electrons. The van der Waals surface area contributed by atoms with E-state index in [1.807, 2.05) is 6.92 Å². The lowest BCUT2D eigenvalue weighted by Crippen LogP contribution is -2.10. The van der Waals surface area contributed by atoms with Crippen molar-refractivity contribution in [2.75, 3.05) is 39.6 Å². The van der Waals surface area contributed by atoms with Crippen molar-refractivity contribution in [1.82, 2.24) is 0 Å². The molecule has 0 bridgehead atoms. The van der Waals surface area contributed by atoms with Gasteiger partial charge in [-0.1, -0.05) is 19.8 Å². The maximum absolute atomic E-state index is 10.5. The van der Waals surface area contributed by atoms with Gasteiger partial charge >= 0.3 is 0 Å². The Morgan fingerprint density at radius 1 is 0.682 bits per heavy atom. The van der Waals surface area contributed by atoms with Gasteiger partial charge in [-0.25, -0.2) is 0 Å². The Labute approximate surface area is 135 Å². The van der Waals surface area contributed by atoms with Gasteiger partial charge in [0.1, 0.15) is 11.6 Å². The fraction of sp³-hybridized carbons (Fsp3) is 0.882. The highest BCUT2D eigenvalue weighted by Crippen LogP contribution is 1.98. The molecule has 0 rings (SSSR count). The molecule has 5 nitrogen and oxygen atoms in total. The third-order valence-corrected chi connectivity index (χ3v) is 2.68.